The van der Waals surface area contributed by atoms with Crippen LogP contribution in [0.5, 0.6) is 0 Å². The third kappa shape index (κ3) is 4.14. The topological polar surface area (TPSA) is 106 Å². The second-order valence-corrected chi connectivity index (χ2v) is 4.63. The maximum atomic E-state index is 11.3. The first-order chi connectivity index (χ1) is 9.40. The minimum Gasteiger partial charge on any atom is -0.376 e. The van der Waals surface area contributed by atoms with Crippen LogP contribution in [0.4, 0.5) is 0 Å². The Labute approximate surface area is 117 Å². The summed E-state index contributed by atoms with van der Waals surface area (Å²) in [7, 11) is 2.88. The van der Waals surface area contributed by atoms with E-state index in [1.165, 1.54) is 28.1 Å². The molecule has 0 spiro atoms. The lowest BCUT2D eigenvalue weighted by Gasteiger charge is -2.44. The van der Waals surface area contributed by atoms with Crippen LogP contribution < -0.4 is 10.6 Å². The molecule has 0 aliphatic carbocycles. The van der Waals surface area contributed by atoms with E-state index in [0.29, 0.717) is 0 Å². The van der Waals surface area contributed by atoms with Gasteiger partial charge in [-0.15, -0.1) is 0 Å². The molecule has 1 heterocycles. The largest absolute Gasteiger partial charge is 0.376 e. The van der Waals surface area contributed by atoms with E-state index in [9.17, 15) is 14.7 Å². The summed E-state index contributed by atoms with van der Waals surface area (Å²) >= 11 is 0. The van der Waals surface area contributed by atoms with Crippen LogP contribution in [0.25, 0.3) is 0 Å². The monoisotopic (exact) mass is 290 g/mol. The van der Waals surface area contributed by atoms with Crippen LogP contribution in [0, 0.1) is 0 Å². The summed E-state index contributed by atoms with van der Waals surface area (Å²) in [5, 5.41) is 15.2. The first-order valence-corrected chi connectivity index (χ1v) is 6.31. The van der Waals surface area contributed by atoms with E-state index in [1.54, 1.807) is 0 Å². The molecule has 2 amide bonds. The number of carbonyl (C=O) groups is 2. The van der Waals surface area contributed by atoms with Crippen LogP contribution in [0.1, 0.15) is 13.8 Å². The van der Waals surface area contributed by atoms with E-state index in [2.05, 4.69) is 10.6 Å². The van der Waals surface area contributed by atoms with Gasteiger partial charge < -0.3 is 30.0 Å². The van der Waals surface area contributed by atoms with E-state index >= 15 is 0 Å². The molecular weight excluding hydrogens is 268 g/mol. The number of aliphatic hydroxyl groups is 1. The lowest BCUT2D eigenvalue weighted by molar-refractivity contribution is -0.266. The number of methoxy groups -OCH3 is 2. The fraction of sp³-hybridized carbons (Fsp3) is 0.833. The Morgan fingerprint density at radius 3 is 2.20 bits per heavy atom. The number of hydrogen-bond donors (Lipinski definition) is 3. The van der Waals surface area contributed by atoms with Gasteiger partial charge in [0.25, 0.3) is 0 Å². The Hall–Kier alpha value is -1.22. The zero-order valence-electron chi connectivity index (χ0n) is 12.1. The van der Waals surface area contributed by atoms with Gasteiger partial charge in [-0.05, 0) is 0 Å². The lowest BCUT2D eigenvalue weighted by atomic mass is 9.95. The Morgan fingerprint density at radius 2 is 1.75 bits per heavy atom. The summed E-state index contributed by atoms with van der Waals surface area (Å²) in [4.78, 5) is 22.3. The summed E-state index contributed by atoms with van der Waals surface area (Å²) in [6.45, 7) is 2.89. The minimum atomic E-state index is -1.20. The van der Waals surface area contributed by atoms with Gasteiger partial charge in [0.05, 0.1) is 6.04 Å². The van der Waals surface area contributed by atoms with Crippen LogP contribution in [0.2, 0.25) is 0 Å². The second-order valence-electron chi connectivity index (χ2n) is 4.63. The molecule has 5 unspecified atom stereocenters. The first-order valence-electron chi connectivity index (χ1n) is 6.31. The SMILES string of the molecule is COC1C(O)OC(CNC(C)=O)C(NC(C)=O)C1OC. The maximum absolute atomic E-state index is 11.3. The van der Waals surface area contributed by atoms with Crippen molar-refractivity contribution in [3.05, 3.63) is 0 Å². The van der Waals surface area contributed by atoms with Gasteiger partial charge in [-0.1, -0.05) is 0 Å². The molecule has 116 valence electrons. The van der Waals surface area contributed by atoms with Gasteiger partial charge in [0.2, 0.25) is 11.8 Å². The van der Waals surface area contributed by atoms with Gasteiger partial charge in [0, 0.05) is 34.6 Å². The molecule has 5 atom stereocenters. The van der Waals surface area contributed by atoms with Crippen molar-refractivity contribution in [2.75, 3.05) is 20.8 Å². The summed E-state index contributed by atoms with van der Waals surface area (Å²) in [5.74, 6) is -0.493. The van der Waals surface area contributed by atoms with E-state index < -0.39 is 30.6 Å². The second kappa shape index (κ2) is 7.53. The first kappa shape index (κ1) is 16.8. The molecule has 1 rings (SSSR count). The summed E-state index contributed by atoms with van der Waals surface area (Å²) in [6.07, 6.45) is -3.14. The van der Waals surface area contributed by atoms with E-state index in [4.69, 9.17) is 14.2 Å². The molecule has 1 fully saturated rings. The number of ether oxygens (including phenoxy) is 3. The van der Waals surface area contributed by atoms with Gasteiger partial charge >= 0.3 is 0 Å². The van der Waals surface area contributed by atoms with Crippen molar-refractivity contribution in [1.29, 1.82) is 0 Å². The number of hydrogen-bond acceptors (Lipinski definition) is 6. The zero-order valence-corrected chi connectivity index (χ0v) is 12.1. The van der Waals surface area contributed by atoms with E-state index in [1.807, 2.05) is 0 Å². The quantitative estimate of drug-likeness (QED) is 0.561. The lowest BCUT2D eigenvalue weighted by Crippen LogP contribution is -2.66. The predicted molar refractivity (Wildman–Crippen MR) is 68.8 cm³/mol. The van der Waals surface area contributed by atoms with Gasteiger partial charge in [-0.25, -0.2) is 0 Å². The average Bonchev–Trinajstić information content (AvgIpc) is 2.37. The molecule has 0 aromatic heterocycles. The Balaban J connectivity index is 2.89. The highest BCUT2D eigenvalue weighted by Gasteiger charge is 2.46. The molecule has 1 aliphatic rings. The highest BCUT2D eigenvalue weighted by Crippen LogP contribution is 2.23. The molecule has 0 aromatic rings. The van der Waals surface area contributed by atoms with Crippen molar-refractivity contribution in [3.63, 3.8) is 0 Å². The van der Waals surface area contributed by atoms with Crippen molar-refractivity contribution in [2.45, 2.75) is 44.5 Å². The van der Waals surface area contributed by atoms with Crippen molar-refractivity contribution in [1.82, 2.24) is 10.6 Å². The Kier molecular flexibility index (Phi) is 6.34. The Bertz CT molecular complexity index is 351. The predicted octanol–water partition coefficient (Wildman–Crippen LogP) is -1.63. The molecule has 20 heavy (non-hydrogen) atoms. The molecule has 1 saturated heterocycles. The number of nitrogens with one attached hydrogen (secondary N) is 2. The van der Waals surface area contributed by atoms with Crippen LogP contribution >= 0.6 is 0 Å². The smallest absolute Gasteiger partial charge is 0.217 e. The molecular formula is C12H22N2O6. The van der Waals surface area contributed by atoms with Crippen molar-refractivity contribution >= 4 is 11.8 Å². The highest BCUT2D eigenvalue weighted by atomic mass is 16.7. The fourth-order valence-electron chi connectivity index (χ4n) is 2.28. The minimum absolute atomic E-state index is 0.146. The van der Waals surface area contributed by atoms with E-state index in [-0.39, 0.29) is 18.4 Å². The summed E-state index contributed by atoms with van der Waals surface area (Å²) in [6, 6.07) is -0.544. The average molecular weight is 290 g/mol. The molecule has 1 aliphatic heterocycles. The van der Waals surface area contributed by atoms with Gasteiger partial charge in [0.1, 0.15) is 18.3 Å². The van der Waals surface area contributed by atoms with Crippen molar-refractivity contribution in [2.24, 2.45) is 0 Å². The molecule has 0 saturated carbocycles. The van der Waals surface area contributed by atoms with Crippen LogP contribution in [0.3, 0.4) is 0 Å². The fourth-order valence-corrected chi connectivity index (χ4v) is 2.28. The molecule has 0 aromatic carbocycles. The Morgan fingerprint density at radius 1 is 1.15 bits per heavy atom. The zero-order chi connectivity index (χ0) is 15.3. The van der Waals surface area contributed by atoms with Gasteiger partial charge in [0.15, 0.2) is 6.29 Å². The molecule has 8 heteroatoms. The number of carbonyl (C=O) groups excluding carboxylic acids is 2. The maximum Gasteiger partial charge on any atom is 0.217 e. The normalized spacial score (nSPS) is 33.5. The van der Waals surface area contributed by atoms with Gasteiger partial charge in [-0.3, -0.25) is 9.59 Å². The van der Waals surface area contributed by atoms with Crippen LogP contribution in [-0.4, -0.2) is 68.3 Å². The van der Waals surface area contributed by atoms with Gasteiger partial charge in [-0.2, -0.15) is 0 Å². The summed E-state index contributed by atoms with van der Waals surface area (Å²) in [5.41, 5.74) is 0. The molecule has 0 radical (unpaired) electrons. The molecule has 0 bridgehead atoms. The van der Waals surface area contributed by atoms with Crippen molar-refractivity contribution < 1.29 is 28.9 Å². The third-order valence-electron chi connectivity index (χ3n) is 3.14. The molecule has 8 nitrogen and oxygen atoms in total. The number of rotatable bonds is 5. The third-order valence-corrected chi connectivity index (χ3v) is 3.14. The van der Waals surface area contributed by atoms with E-state index in [0.717, 1.165) is 0 Å². The standard InChI is InChI=1S/C12H22N2O6/c1-6(15)13-5-8-9(14-7(2)16)10(18-3)11(19-4)12(17)20-8/h8-12,17H,5H2,1-4H3,(H,13,15)(H,14,16). The number of amides is 2. The van der Waals surface area contributed by atoms with Crippen LogP contribution in [-0.2, 0) is 23.8 Å². The van der Waals surface area contributed by atoms with Crippen LogP contribution in [0.15, 0.2) is 0 Å². The molecule has 3 N–H and O–H groups in total. The number of aliphatic hydroxyl groups excluding tert-OH is 1. The highest BCUT2D eigenvalue weighted by molar-refractivity contribution is 5.74. The van der Waals surface area contributed by atoms with Crippen molar-refractivity contribution in [3.8, 4) is 0 Å². The summed E-state index contributed by atoms with van der Waals surface area (Å²) < 4.78 is 15.9.